The summed E-state index contributed by atoms with van der Waals surface area (Å²) in [5.41, 5.74) is -1.53. The van der Waals surface area contributed by atoms with Crippen molar-refractivity contribution in [1.29, 1.82) is 0 Å². The average Bonchev–Trinajstić information content (AvgIpc) is 2.80. The molecular formula is C21H16Na2O14S. The smallest absolute Gasteiger partial charge is 0.716 e. The van der Waals surface area contributed by atoms with E-state index >= 15 is 0 Å². The maximum absolute atomic E-state index is 13.2. The minimum Gasteiger partial charge on any atom is -0.716 e. The molecule has 1 aromatic heterocycles. The number of fused-ring (bicyclic) bond motifs is 1. The van der Waals surface area contributed by atoms with Gasteiger partial charge in [0.05, 0.1) is 11.5 Å². The Kier molecular flexibility index (Phi) is 10.8. The van der Waals surface area contributed by atoms with Crippen molar-refractivity contribution in [3.05, 3.63) is 52.9 Å². The van der Waals surface area contributed by atoms with Crippen molar-refractivity contribution in [2.24, 2.45) is 0 Å². The number of aliphatic hydroxyl groups is 3. The van der Waals surface area contributed by atoms with Gasteiger partial charge < -0.3 is 53.0 Å². The number of hydrogen-bond acceptors (Lipinski definition) is 14. The number of ether oxygens (including phenoxy) is 2. The largest absolute Gasteiger partial charge is 1.00 e. The van der Waals surface area contributed by atoms with Gasteiger partial charge in [0.15, 0.2) is 11.5 Å². The van der Waals surface area contributed by atoms with Crippen molar-refractivity contribution in [2.45, 2.75) is 30.7 Å². The van der Waals surface area contributed by atoms with Gasteiger partial charge in [0.1, 0.15) is 47.4 Å². The van der Waals surface area contributed by atoms with Gasteiger partial charge in [-0.2, -0.15) is 0 Å². The average molecular weight is 570 g/mol. The molecule has 0 aliphatic carbocycles. The summed E-state index contributed by atoms with van der Waals surface area (Å²) in [6.45, 7) is 0. The normalized spacial score (nSPS) is 23.1. The van der Waals surface area contributed by atoms with Gasteiger partial charge >= 0.3 is 59.1 Å². The Labute approximate surface area is 257 Å². The van der Waals surface area contributed by atoms with Crippen LogP contribution in [-0.4, -0.2) is 70.1 Å². The van der Waals surface area contributed by atoms with E-state index in [1.165, 1.54) is 24.3 Å². The van der Waals surface area contributed by atoms with Gasteiger partial charge in [0, 0.05) is 5.56 Å². The SMILES string of the molecule is O=C([O-])[C@H]1OC(Oc2ccc3occ(-c4ccccc4OS(=O)(=O)[O-])c(=O)c3c2O)[C@H](O)[C@@H](O)[C@@H]1O.[Na+].[Na+]. The Morgan fingerprint density at radius 2 is 1.61 bits per heavy atom. The van der Waals surface area contributed by atoms with Crippen molar-refractivity contribution < 1.29 is 120 Å². The summed E-state index contributed by atoms with van der Waals surface area (Å²) in [4.78, 5) is 24.4. The third-order valence-corrected chi connectivity index (χ3v) is 5.68. The fraction of sp³-hybridized carbons (Fsp3) is 0.238. The maximum Gasteiger partial charge on any atom is 1.00 e. The second-order valence-electron chi connectivity index (χ2n) is 7.59. The van der Waals surface area contributed by atoms with Gasteiger partial charge in [0.25, 0.3) is 10.4 Å². The Morgan fingerprint density at radius 3 is 2.24 bits per heavy atom. The Morgan fingerprint density at radius 1 is 0.947 bits per heavy atom. The van der Waals surface area contributed by atoms with E-state index in [9.17, 15) is 48.1 Å². The molecule has 3 aromatic rings. The minimum atomic E-state index is -5.19. The Bertz CT molecular complexity index is 1490. The first-order chi connectivity index (χ1) is 16.9. The second-order valence-corrected chi connectivity index (χ2v) is 8.57. The van der Waals surface area contributed by atoms with Crippen LogP contribution in [0.4, 0.5) is 0 Å². The molecule has 1 saturated heterocycles. The number of phenols is 1. The molecule has 4 N–H and O–H groups in total. The number of para-hydroxylation sites is 1. The van der Waals surface area contributed by atoms with Crippen molar-refractivity contribution in [2.75, 3.05) is 0 Å². The minimum absolute atomic E-state index is 0. The third kappa shape index (κ3) is 6.52. The molecule has 1 fully saturated rings. The van der Waals surface area contributed by atoms with Crippen LogP contribution >= 0.6 is 0 Å². The Hall–Kier alpha value is -1.73. The summed E-state index contributed by atoms with van der Waals surface area (Å²) in [7, 11) is -5.19. The molecule has 192 valence electrons. The molecule has 0 radical (unpaired) electrons. The van der Waals surface area contributed by atoms with Crippen LogP contribution < -0.4 is 78.6 Å². The number of carbonyl (C=O) groups excluding carboxylic acids is 1. The third-order valence-electron chi connectivity index (χ3n) is 5.29. The fourth-order valence-electron chi connectivity index (χ4n) is 3.60. The monoisotopic (exact) mass is 570 g/mol. The van der Waals surface area contributed by atoms with Crippen LogP contribution in [0.1, 0.15) is 0 Å². The molecule has 0 saturated carbocycles. The van der Waals surface area contributed by atoms with Crippen molar-refractivity contribution in [1.82, 2.24) is 0 Å². The van der Waals surface area contributed by atoms with Gasteiger partial charge in [-0.05, 0) is 18.2 Å². The number of aromatic hydroxyl groups is 1. The van der Waals surface area contributed by atoms with Gasteiger partial charge in [-0.1, -0.05) is 18.2 Å². The van der Waals surface area contributed by atoms with Crippen LogP contribution in [0.25, 0.3) is 22.1 Å². The number of benzene rings is 2. The topological polar surface area (TPSA) is 236 Å². The summed E-state index contributed by atoms with van der Waals surface area (Å²) < 4.78 is 53.1. The van der Waals surface area contributed by atoms with E-state index in [0.717, 1.165) is 18.4 Å². The first kappa shape index (κ1) is 32.5. The fourth-order valence-corrected chi connectivity index (χ4v) is 3.96. The number of aliphatic carboxylic acids is 1. The molecule has 1 aliphatic heterocycles. The van der Waals surface area contributed by atoms with E-state index in [1.54, 1.807) is 0 Å². The molecule has 1 unspecified atom stereocenters. The van der Waals surface area contributed by atoms with E-state index in [2.05, 4.69) is 4.18 Å². The van der Waals surface area contributed by atoms with Crippen LogP contribution in [0.2, 0.25) is 0 Å². The van der Waals surface area contributed by atoms with Gasteiger partial charge in [0.2, 0.25) is 11.7 Å². The summed E-state index contributed by atoms with van der Waals surface area (Å²) in [5.74, 6) is -3.75. The zero-order valence-electron chi connectivity index (χ0n) is 19.7. The van der Waals surface area contributed by atoms with E-state index in [-0.39, 0.29) is 75.8 Å². The van der Waals surface area contributed by atoms with Crippen molar-refractivity contribution in [3.8, 4) is 28.4 Å². The van der Waals surface area contributed by atoms with Crippen LogP contribution in [0.3, 0.4) is 0 Å². The predicted octanol–water partition coefficient (Wildman–Crippen LogP) is -8.05. The first-order valence-corrected chi connectivity index (χ1v) is 11.3. The van der Waals surface area contributed by atoms with Crippen LogP contribution in [0.5, 0.6) is 17.2 Å². The summed E-state index contributed by atoms with van der Waals surface area (Å²) >= 11 is 0. The van der Waals surface area contributed by atoms with Crippen LogP contribution in [-0.2, 0) is 19.9 Å². The molecule has 0 amide bonds. The number of rotatable bonds is 6. The van der Waals surface area contributed by atoms with Crippen LogP contribution in [0, 0.1) is 0 Å². The predicted molar refractivity (Wildman–Crippen MR) is 112 cm³/mol. The standard InChI is InChI=1S/C21H18O14S.2Na/c22-14-9(8-3-1-2-4-10(8)35-36(29,30)31)7-32-11-5-6-12(15(23)13(11)14)33-21-18(26)16(24)17(25)19(34-21)20(27)28;;/h1-7,16-19,21,23-26H,(H,27,28)(H,29,30,31);;/q;2*+1/p-2/t16-,17-,18+,19-,21?;;/m0../s1. The molecule has 0 spiro atoms. The van der Waals surface area contributed by atoms with E-state index in [1.807, 2.05) is 0 Å². The molecular weight excluding hydrogens is 554 g/mol. The summed E-state index contributed by atoms with van der Waals surface area (Å²) in [6.07, 6.45) is -9.07. The number of hydrogen-bond donors (Lipinski definition) is 4. The van der Waals surface area contributed by atoms with E-state index in [0.29, 0.717) is 0 Å². The first-order valence-electron chi connectivity index (χ1n) is 9.98. The zero-order valence-corrected chi connectivity index (χ0v) is 24.5. The molecule has 17 heteroatoms. The van der Waals surface area contributed by atoms with Gasteiger partial charge in [-0.3, -0.25) is 4.79 Å². The molecule has 38 heavy (non-hydrogen) atoms. The molecule has 2 aromatic carbocycles. The quantitative estimate of drug-likeness (QED) is 0.122. The van der Waals surface area contributed by atoms with E-state index in [4.69, 9.17) is 13.9 Å². The van der Waals surface area contributed by atoms with Gasteiger partial charge in [-0.15, -0.1) is 0 Å². The van der Waals surface area contributed by atoms with Gasteiger partial charge in [-0.25, -0.2) is 8.42 Å². The number of carboxylic acids is 1. The Balaban J connectivity index is 0.00000253. The second kappa shape index (κ2) is 12.6. The summed E-state index contributed by atoms with van der Waals surface area (Å²) in [5, 5.41) is 51.2. The zero-order chi connectivity index (χ0) is 26.4. The molecule has 2 heterocycles. The molecule has 1 aliphatic rings. The molecule has 0 bridgehead atoms. The number of carboxylic acid groups (broad SMARTS) is 1. The summed E-state index contributed by atoms with van der Waals surface area (Å²) in [6, 6.07) is 7.40. The van der Waals surface area contributed by atoms with E-state index < -0.39 is 75.1 Å². The van der Waals surface area contributed by atoms with Crippen molar-refractivity contribution >= 4 is 27.3 Å². The van der Waals surface area contributed by atoms with Crippen molar-refractivity contribution in [3.63, 3.8) is 0 Å². The van der Waals surface area contributed by atoms with Crippen LogP contribution in [0.15, 0.2) is 51.9 Å². The molecule has 4 rings (SSSR count). The number of carbonyl (C=O) groups is 1. The number of phenolic OH excluding ortho intramolecular Hbond substituents is 1. The number of aliphatic hydroxyl groups excluding tert-OH is 3. The molecule has 14 nitrogen and oxygen atoms in total. The molecule has 5 atom stereocenters. The maximum atomic E-state index is 13.2.